The third-order valence-electron chi connectivity index (χ3n) is 12.2. The zero-order chi connectivity index (χ0) is 40.8. The highest BCUT2D eigenvalue weighted by Crippen LogP contribution is 2.49. The largest absolute Gasteiger partial charge is 0.478 e. The molecule has 0 fully saturated rings. The van der Waals surface area contributed by atoms with E-state index in [1.165, 1.54) is 46.5 Å². The lowest BCUT2D eigenvalue weighted by Crippen LogP contribution is -2.34. The van der Waals surface area contributed by atoms with Crippen molar-refractivity contribution in [1.29, 1.82) is 0 Å². The highest BCUT2D eigenvalue weighted by molar-refractivity contribution is 5.89. The van der Waals surface area contributed by atoms with Crippen LogP contribution in [0.2, 0.25) is 0 Å². The lowest BCUT2D eigenvalue weighted by Gasteiger charge is -2.43. The summed E-state index contributed by atoms with van der Waals surface area (Å²) < 4.78 is 28.5. The van der Waals surface area contributed by atoms with E-state index in [4.69, 9.17) is 10.2 Å². The summed E-state index contributed by atoms with van der Waals surface area (Å²) in [4.78, 5) is 26.3. The molecule has 0 unspecified atom stereocenters. The molecule has 8 heteroatoms. The molecule has 4 aromatic carbocycles. The fourth-order valence-electron chi connectivity index (χ4n) is 8.44. The Morgan fingerprint density at radius 1 is 0.545 bits per heavy atom. The molecule has 2 N–H and O–H groups in total. The molecular formula is C47H58F2N2O4. The summed E-state index contributed by atoms with van der Waals surface area (Å²) in [5, 5.41) is 18.2. The van der Waals surface area contributed by atoms with E-state index in [1.54, 1.807) is 12.1 Å². The average molecular weight is 753 g/mol. The van der Waals surface area contributed by atoms with Crippen LogP contribution in [0.15, 0.2) is 66.7 Å². The van der Waals surface area contributed by atoms with Gasteiger partial charge in [-0.05, 0) is 151 Å². The molecule has 6 nitrogen and oxygen atoms in total. The Kier molecular flexibility index (Phi) is 11.4. The van der Waals surface area contributed by atoms with Crippen molar-refractivity contribution in [2.24, 2.45) is 0 Å². The summed E-state index contributed by atoms with van der Waals surface area (Å²) in [6.07, 6.45) is 4.57. The molecule has 4 aromatic rings. The molecule has 0 amide bonds. The topological polar surface area (TPSA) is 81.1 Å². The number of hydrogen-bond acceptors (Lipinski definition) is 4. The Hall–Kier alpha value is -4.72. The number of anilines is 4. The molecule has 2 aliphatic rings. The molecule has 294 valence electrons. The second kappa shape index (κ2) is 15.1. The summed E-state index contributed by atoms with van der Waals surface area (Å²) in [6.45, 7) is 25.8. The van der Waals surface area contributed by atoms with Crippen LogP contribution >= 0.6 is 0 Å². The Morgan fingerprint density at radius 3 is 1.33 bits per heavy atom. The molecule has 0 atom stereocenters. The maximum atomic E-state index is 14.3. The first kappa shape index (κ1) is 41.4. The molecule has 6 rings (SSSR count). The van der Waals surface area contributed by atoms with Crippen molar-refractivity contribution >= 4 is 34.7 Å². The number of benzene rings is 4. The molecule has 0 aliphatic heterocycles. The standard InChI is InChI=1S/C24H30FNO2.C23H28FNO2/c1-7-26(16-8-9-17(22(27)28)20(25)13-16)21-14-19-18(12-15(21)2)23(3,4)10-11-24(19,5)6;1-6-25(16-7-9-17(21(26)27)20(24)14-16)15-8-10-18-19(13-15)23(4,5)12-11-22(18,2)3/h8-9,12-14H,7,10-11H2,1-6H3,(H,27,28);7-10,13-14H,6,11-12H2,1-5H3,(H,26,27). The van der Waals surface area contributed by atoms with Gasteiger partial charge in [0.25, 0.3) is 0 Å². The first-order valence-electron chi connectivity index (χ1n) is 19.5. The fourth-order valence-corrected chi connectivity index (χ4v) is 8.44. The quantitative estimate of drug-likeness (QED) is 0.187. The van der Waals surface area contributed by atoms with E-state index in [-0.39, 0.29) is 32.8 Å². The first-order chi connectivity index (χ1) is 25.5. The van der Waals surface area contributed by atoms with Gasteiger partial charge in [0.05, 0.1) is 11.1 Å². The smallest absolute Gasteiger partial charge is 0.338 e. The van der Waals surface area contributed by atoms with Crippen molar-refractivity contribution in [1.82, 2.24) is 0 Å². The van der Waals surface area contributed by atoms with E-state index in [2.05, 4.69) is 97.5 Å². The zero-order valence-corrected chi connectivity index (χ0v) is 34.5. The molecule has 55 heavy (non-hydrogen) atoms. The molecule has 0 heterocycles. The van der Waals surface area contributed by atoms with Gasteiger partial charge in [0.2, 0.25) is 0 Å². The number of carboxylic acid groups (broad SMARTS) is 2. The minimum absolute atomic E-state index is 0.0884. The summed E-state index contributed by atoms with van der Waals surface area (Å²) in [6, 6.07) is 19.7. The molecule has 0 spiro atoms. The Labute approximate surface area is 326 Å². The van der Waals surface area contributed by atoms with Crippen LogP contribution in [0.5, 0.6) is 0 Å². The van der Waals surface area contributed by atoms with Gasteiger partial charge in [0, 0.05) is 35.8 Å². The van der Waals surface area contributed by atoms with E-state index >= 15 is 0 Å². The average Bonchev–Trinajstić information content (AvgIpc) is 3.10. The number of rotatable bonds is 8. The molecule has 0 radical (unpaired) electrons. The van der Waals surface area contributed by atoms with E-state index in [0.717, 1.165) is 42.6 Å². The van der Waals surface area contributed by atoms with Gasteiger partial charge in [0.15, 0.2) is 0 Å². The van der Waals surface area contributed by atoms with Gasteiger partial charge in [0.1, 0.15) is 11.6 Å². The van der Waals surface area contributed by atoms with E-state index in [1.807, 2.05) is 18.7 Å². The van der Waals surface area contributed by atoms with Crippen LogP contribution in [0, 0.1) is 18.6 Å². The maximum Gasteiger partial charge on any atom is 0.338 e. The number of aryl methyl sites for hydroxylation is 1. The molecule has 0 bridgehead atoms. The number of nitrogens with zero attached hydrogens (tertiary/aromatic N) is 2. The van der Waals surface area contributed by atoms with Gasteiger partial charge >= 0.3 is 11.9 Å². The SMILES string of the molecule is CCN(c1ccc(C(=O)O)c(F)c1)c1cc2c(cc1C)C(C)(C)CCC2(C)C.CCN(c1ccc(C(=O)O)c(F)c1)c1ccc2c(c1)C(C)(C)CCC2(C)C. The molecule has 0 aromatic heterocycles. The third-order valence-corrected chi connectivity index (χ3v) is 12.2. The second-order valence-corrected chi connectivity index (χ2v) is 17.9. The van der Waals surface area contributed by atoms with Crippen LogP contribution in [-0.2, 0) is 21.7 Å². The predicted molar refractivity (Wildman–Crippen MR) is 220 cm³/mol. The minimum atomic E-state index is -1.25. The monoisotopic (exact) mass is 752 g/mol. The van der Waals surface area contributed by atoms with Gasteiger partial charge in [-0.25, -0.2) is 18.4 Å². The Bertz CT molecular complexity index is 2120. The van der Waals surface area contributed by atoms with Crippen LogP contribution < -0.4 is 9.80 Å². The van der Waals surface area contributed by atoms with Crippen molar-refractivity contribution in [3.8, 4) is 0 Å². The highest BCUT2D eigenvalue weighted by Gasteiger charge is 2.39. The van der Waals surface area contributed by atoms with Crippen LogP contribution in [0.25, 0.3) is 0 Å². The van der Waals surface area contributed by atoms with Gasteiger partial charge < -0.3 is 20.0 Å². The van der Waals surface area contributed by atoms with Crippen LogP contribution in [-0.4, -0.2) is 35.2 Å². The van der Waals surface area contributed by atoms with Gasteiger partial charge in [-0.3, -0.25) is 0 Å². The summed E-state index contributed by atoms with van der Waals surface area (Å²) in [7, 11) is 0. The normalized spacial score (nSPS) is 17.2. The predicted octanol–water partition coefficient (Wildman–Crippen LogP) is 12.4. The summed E-state index contributed by atoms with van der Waals surface area (Å²) in [5.74, 6) is -3.92. The van der Waals surface area contributed by atoms with Crippen molar-refractivity contribution in [2.75, 3.05) is 22.9 Å². The Balaban J connectivity index is 0.000000211. The molecule has 2 aliphatic carbocycles. The van der Waals surface area contributed by atoms with E-state index < -0.39 is 23.6 Å². The molecule has 0 saturated heterocycles. The number of carboxylic acids is 2. The van der Waals surface area contributed by atoms with Crippen LogP contribution in [0.3, 0.4) is 0 Å². The van der Waals surface area contributed by atoms with Crippen molar-refractivity contribution < 1.29 is 28.6 Å². The number of aromatic carboxylic acids is 2. The van der Waals surface area contributed by atoms with Gasteiger partial charge in [-0.15, -0.1) is 0 Å². The number of fused-ring (bicyclic) bond motifs is 2. The summed E-state index contributed by atoms with van der Waals surface area (Å²) >= 11 is 0. The summed E-state index contributed by atoms with van der Waals surface area (Å²) in [5.41, 5.74) is 9.87. The zero-order valence-electron chi connectivity index (χ0n) is 34.5. The molecule has 0 saturated carbocycles. The molecular weight excluding hydrogens is 695 g/mol. The van der Waals surface area contributed by atoms with Gasteiger partial charge in [-0.2, -0.15) is 0 Å². The maximum absolute atomic E-state index is 14.3. The number of hydrogen-bond donors (Lipinski definition) is 2. The van der Waals surface area contributed by atoms with E-state index in [0.29, 0.717) is 24.5 Å². The second-order valence-electron chi connectivity index (χ2n) is 17.9. The van der Waals surface area contributed by atoms with Crippen molar-refractivity contribution in [2.45, 2.75) is 124 Å². The van der Waals surface area contributed by atoms with Crippen molar-refractivity contribution in [3.63, 3.8) is 0 Å². The van der Waals surface area contributed by atoms with Crippen molar-refractivity contribution in [3.05, 3.63) is 117 Å². The van der Waals surface area contributed by atoms with Gasteiger partial charge in [-0.1, -0.05) is 67.5 Å². The number of carbonyl (C=O) groups is 2. The minimum Gasteiger partial charge on any atom is -0.478 e. The van der Waals surface area contributed by atoms with Crippen LogP contribution in [0.4, 0.5) is 31.5 Å². The lowest BCUT2D eigenvalue weighted by atomic mass is 9.63. The fraction of sp³-hybridized carbons (Fsp3) is 0.447. The lowest BCUT2D eigenvalue weighted by molar-refractivity contribution is 0.0680. The Morgan fingerprint density at radius 2 is 0.909 bits per heavy atom. The highest BCUT2D eigenvalue weighted by atomic mass is 19.1. The van der Waals surface area contributed by atoms with Crippen LogP contribution in [0.1, 0.15) is 143 Å². The third kappa shape index (κ3) is 8.15. The van der Waals surface area contributed by atoms with E-state index in [9.17, 15) is 18.4 Å². The number of halogens is 2. The first-order valence-corrected chi connectivity index (χ1v) is 19.5.